The number of rotatable bonds is 8. The maximum atomic E-state index is 12.8. The van der Waals surface area contributed by atoms with E-state index in [9.17, 15) is 4.79 Å². The van der Waals surface area contributed by atoms with Crippen LogP contribution in [-0.2, 0) is 4.79 Å². The lowest BCUT2D eigenvalue weighted by Gasteiger charge is -2.35. The molecule has 0 saturated carbocycles. The molecular formula is C18H36N2O. The molecule has 3 heteroatoms. The zero-order chi connectivity index (χ0) is 15.8. The average Bonchev–Trinajstić information content (AvgIpc) is 2.47. The lowest BCUT2D eigenvalue weighted by molar-refractivity contribution is -0.135. The molecule has 0 radical (unpaired) electrons. The predicted molar refractivity (Wildman–Crippen MR) is 90.3 cm³/mol. The SMILES string of the molecule is CCC(CC)N(CC(C)C)C(=O)CC(C)C1CCNCC1. The van der Waals surface area contributed by atoms with Crippen LogP contribution in [0.5, 0.6) is 0 Å². The van der Waals surface area contributed by atoms with E-state index in [1.54, 1.807) is 0 Å². The highest BCUT2D eigenvalue weighted by Crippen LogP contribution is 2.26. The second kappa shape index (κ2) is 9.45. The summed E-state index contributed by atoms with van der Waals surface area (Å²) < 4.78 is 0. The Hall–Kier alpha value is -0.570. The molecule has 124 valence electrons. The van der Waals surface area contributed by atoms with E-state index < -0.39 is 0 Å². The standard InChI is InChI=1S/C18H36N2O/c1-6-17(7-2)20(13-14(3)4)18(21)12-15(5)16-8-10-19-11-9-16/h14-17,19H,6-13H2,1-5H3. The minimum atomic E-state index is 0.378. The van der Waals surface area contributed by atoms with Crippen LogP contribution in [0.25, 0.3) is 0 Å². The van der Waals surface area contributed by atoms with Gasteiger partial charge in [0.1, 0.15) is 0 Å². The highest BCUT2D eigenvalue weighted by atomic mass is 16.2. The van der Waals surface area contributed by atoms with Gasteiger partial charge in [-0.25, -0.2) is 0 Å². The van der Waals surface area contributed by atoms with E-state index >= 15 is 0 Å². The molecule has 1 N–H and O–H groups in total. The number of hydrogen-bond acceptors (Lipinski definition) is 2. The molecule has 0 aromatic carbocycles. The highest BCUT2D eigenvalue weighted by Gasteiger charge is 2.27. The van der Waals surface area contributed by atoms with Crippen LogP contribution in [0.15, 0.2) is 0 Å². The van der Waals surface area contributed by atoms with Gasteiger partial charge in [-0.2, -0.15) is 0 Å². The van der Waals surface area contributed by atoms with Gasteiger partial charge in [0.2, 0.25) is 5.91 Å². The van der Waals surface area contributed by atoms with E-state index in [-0.39, 0.29) is 0 Å². The quantitative estimate of drug-likeness (QED) is 0.741. The molecule has 1 fully saturated rings. The molecule has 1 amide bonds. The summed E-state index contributed by atoms with van der Waals surface area (Å²) in [6.45, 7) is 14.2. The summed E-state index contributed by atoms with van der Waals surface area (Å²) in [6, 6.07) is 0.417. The van der Waals surface area contributed by atoms with Crippen LogP contribution in [-0.4, -0.2) is 36.5 Å². The maximum absolute atomic E-state index is 12.8. The minimum Gasteiger partial charge on any atom is -0.339 e. The third-order valence-corrected chi connectivity index (χ3v) is 4.95. The lowest BCUT2D eigenvalue weighted by atomic mass is 9.83. The topological polar surface area (TPSA) is 32.3 Å². The number of carbonyl (C=O) groups is 1. The van der Waals surface area contributed by atoms with Gasteiger partial charge < -0.3 is 10.2 Å². The average molecular weight is 296 g/mol. The van der Waals surface area contributed by atoms with Crippen LogP contribution in [0.3, 0.4) is 0 Å². The summed E-state index contributed by atoms with van der Waals surface area (Å²) in [5.74, 6) is 2.16. The molecule has 0 aliphatic carbocycles. The Kier molecular flexibility index (Phi) is 8.31. The van der Waals surface area contributed by atoms with Gasteiger partial charge in [-0.3, -0.25) is 4.79 Å². The number of nitrogens with one attached hydrogen (secondary N) is 1. The Morgan fingerprint density at radius 1 is 1.14 bits per heavy atom. The van der Waals surface area contributed by atoms with E-state index in [1.807, 2.05) is 0 Å². The molecule has 0 spiro atoms. The van der Waals surface area contributed by atoms with Crippen molar-refractivity contribution >= 4 is 5.91 Å². The van der Waals surface area contributed by atoms with Gasteiger partial charge in [0.05, 0.1) is 0 Å². The van der Waals surface area contributed by atoms with Crippen LogP contribution in [0, 0.1) is 17.8 Å². The summed E-state index contributed by atoms with van der Waals surface area (Å²) in [5.41, 5.74) is 0. The zero-order valence-electron chi connectivity index (χ0n) is 14.8. The van der Waals surface area contributed by atoms with Gasteiger partial charge in [0.25, 0.3) is 0 Å². The summed E-state index contributed by atoms with van der Waals surface area (Å²) in [7, 11) is 0. The van der Waals surface area contributed by atoms with Crippen molar-refractivity contribution in [1.29, 1.82) is 0 Å². The fourth-order valence-corrected chi connectivity index (χ4v) is 3.55. The van der Waals surface area contributed by atoms with Crippen LogP contribution in [0.4, 0.5) is 0 Å². The Labute approximate surface area is 131 Å². The number of hydrogen-bond donors (Lipinski definition) is 1. The summed E-state index contributed by atoms with van der Waals surface area (Å²) in [6.07, 6.45) is 5.31. The van der Waals surface area contributed by atoms with Gasteiger partial charge >= 0.3 is 0 Å². The monoisotopic (exact) mass is 296 g/mol. The van der Waals surface area contributed by atoms with E-state index in [0.717, 1.165) is 44.8 Å². The van der Waals surface area contributed by atoms with E-state index in [4.69, 9.17) is 0 Å². The first-order valence-electron chi connectivity index (χ1n) is 8.99. The van der Waals surface area contributed by atoms with Crippen molar-refractivity contribution < 1.29 is 4.79 Å². The molecule has 0 aromatic rings. The second-order valence-corrected chi connectivity index (χ2v) is 7.18. The minimum absolute atomic E-state index is 0.378. The van der Waals surface area contributed by atoms with E-state index in [0.29, 0.717) is 23.8 Å². The fourth-order valence-electron chi connectivity index (χ4n) is 3.55. The third-order valence-electron chi connectivity index (χ3n) is 4.95. The molecule has 0 bridgehead atoms. The Balaban J connectivity index is 2.61. The molecule has 3 nitrogen and oxygen atoms in total. The second-order valence-electron chi connectivity index (χ2n) is 7.18. The number of amides is 1. The van der Waals surface area contributed by atoms with Crippen molar-refractivity contribution in [1.82, 2.24) is 10.2 Å². The maximum Gasteiger partial charge on any atom is 0.223 e. The van der Waals surface area contributed by atoms with Crippen molar-refractivity contribution in [2.75, 3.05) is 19.6 Å². The molecule has 1 unspecified atom stereocenters. The molecule has 1 atom stereocenters. The first-order valence-corrected chi connectivity index (χ1v) is 8.99. The first kappa shape index (κ1) is 18.5. The lowest BCUT2D eigenvalue weighted by Crippen LogP contribution is -2.43. The Bertz CT molecular complexity index is 294. The van der Waals surface area contributed by atoms with E-state index in [2.05, 4.69) is 44.8 Å². The summed E-state index contributed by atoms with van der Waals surface area (Å²) >= 11 is 0. The predicted octanol–water partition coefficient (Wildman–Crippen LogP) is 3.69. The van der Waals surface area contributed by atoms with Gasteiger partial charge in [-0.1, -0.05) is 34.6 Å². The molecule has 1 rings (SSSR count). The van der Waals surface area contributed by atoms with Crippen molar-refractivity contribution in [2.24, 2.45) is 17.8 Å². The molecule has 21 heavy (non-hydrogen) atoms. The zero-order valence-corrected chi connectivity index (χ0v) is 14.8. The van der Waals surface area contributed by atoms with Crippen molar-refractivity contribution in [3.63, 3.8) is 0 Å². The van der Waals surface area contributed by atoms with Crippen molar-refractivity contribution in [3.05, 3.63) is 0 Å². The third kappa shape index (κ3) is 5.98. The smallest absolute Gasteiger partial charge is 0.223 e. The largest absolute Gasteiger partial charge is 0.339 e. The number of carbonyl (C=O) groups excluding carboxylic acids is 1. The van der Waals surface area contributed by atoms with Crippen LogP contribution in [0.2, 0.25) is 0 Å². The van der Waals surface area contributed by atoms with Gasteiger partial charge in [-0.15, -0.1) is 0 Å². The van der Waals surface area contributed by atoms with Crippen molar-refractivity contribution in [3.8, 4) is 0 Å². The number of piperidine rings is 1. The Morgan fingerprint density at radius 3 is 2.19 bits per heavy atom. The van der Waals surface area contributed by atoms with Gasteiger partial charge in [0.15, 0.2) is 0 Å². The normalized spacial score (nSPS) is 18.2. The van der Waals surface area contributed by atoms with Crippen LogP contribution in [0.1, 0.15) is 66.7 Å². The summed E-state index contributed by atoms with van der Waals surface area (Å²) in [4.78, 5) is 15.0. The molecule has 1 heterocycles. The molecule has 1 aliphatic heterocycles. The molecule has 1 aliphatic rings. The van der Waals surface area contributed by atoms with E-state index in [1.165, 1.54) is 12.8 Å². The first-order chi connectivity index (χ1) is 9.99. The van der Waals surface area contributed by atoms with Crippen LogP contribution >= 0.6 is 0 Å². The van der Waals surface area contributed by atoms with Gasteiger partial charge in [-0.05, 0) is 56.5 Å². The molecule has 0 aromatic heterocycles. The number of nitrogens with zero attached hydrogens (tertiary/aromatic N) is 1. The van der Waals surface area contributed by atoms with Gasteiger partial charge in [0, 0.05) is 19.0 Å². The Morgan fingerprint density at radius 2 is 1.71 bits per heavy atom. The fraction of sp³-hybridized carbons (Fsp3) is 0.944. The van der Waals surface area contributed by atoms with Crippen molar-refractivity contribution in [2.45, 2.75) is 72.8 Å². The molecule has 1 saturated heterocycles. The molecular weight excluding hydrogens is 260 g/mol. The van der Waals surface area contributed by atoms with Crippen LogP contribution < -0.4 is 5.32 Å². The summed E-state index contributed by atoms with van der Waals surface area (Å²) in [5, 5.41) is 3.41. The highest BCUT2D eigenvalue weighted by molar-refractivity contribution is 5.76.